The first kappa shape index (κ1) is 19.8. The van der Waals surface area contributed by atoms with Crippen molar-refractivity contribution in [3.8, 4) is 6.07 Å². The van der Waals surface area contributed by atoms with E-state index in [2.05, 4.69) is 10.2 Å². The molecule has 0 unspecified atom stereocenters. The van der Waals surface area contributed by atoms with E-state index in [4.69, 9.17) is 0 Å². The topological polar surface area (TPSA) is 59.4 Å². The van der Waals surface area contributed by atoms with Crippen molar-refractivity contribution in [2.24, 2.45) is 0 Å². The number of nitrogens with zero attached hydrogens (tertiary/aromatic N) is 3. The summed E-state index contributed by atoms with van der Waals surface area (Å²) in [6.07, 6.45) is -1.21. The maximum atomic E-state index is 12.7. The lowest BCUT2D eigenvalue weighted by molar-refractivity contribution is -0.137. The highest BCUT2D eigenvalue weighted by atomic mass is 19.4. The molecule has 8 heteroatoms. The summed E-state index contributed by atoms with van der Waals surface area (Å²) in [5, 5.41) is 11.6. The third-order valence-electron chi connectivity index (χ3n) is 4.41. The van der Waals surface area contributed by atoms with Crippen molar-refractivity contribution < 1.29 is 18.0 Å². The molecule has 26 heavy (non-hydrogen) atoms. The van der Waals surface area contributed by atoms with Crippen LogP contribution in [0.3, 0.4) is 0 Å². The lowest BCUT2D eigenvalue weighted by atomic mass is 10.0. The number of nitrogens with one attached hydrogen (secondary N) is 1. The summed E-state index contributed by atoms with van der Waals surface area (Å²) in [4.78, 5) is 16.3. The van der Waals surface area contributed by atoms with Gasteiger partial charge in [0.25, 0.3) is 5.91 Å². The van der Waals surface area contributed by atoms with Gasteiger partial charge in [0.2, 0.25) is 0 Å². The van der Waals surface area contributed by atoms with Gasteiger partial charge in [-0.2, -0.15) is 18.4 Å². The minimum absolute atomic E-state index is 0.00656. The lowest BCUT2D eigenvalue weighted by Gasteiger charge is -2.34. The maximum absolute atomic E-state index is 12.7. The third kappa shape index (κ3) is 5.23. The third-order valence-corrected chi connectivity index (χ3v) is 4.41. The number of carbonyl (C=O) groups is 1. The molecule has 0 aromatic heterocycles. The Kier molecular flexibility index (Phi) is 6.27. The number of halogens is 3. The number of alkyl halides is 3. The lowest BCUT2D eigenvalue weighted by Crippen LogP contribution is -2.40. The van der Waals surface area contributed by atoms with Crippen LogP contribution in [0, 0.1) is 11.3 Å². The van der Waals surface area contributed by atoms with E-state index in [-0.39, 0.29) is 17.3 Å². The molecule has 1 saturated heterocycles. The summed E-state index contributed by atoms with van der Waals surface area (Å²) < 4.78 is 38.2. The van der Waals surface area contributed by atoms with Gasteiger partial charge < -0.3 is 15.1 Å². The van der Waals surface area contributed by atoms with E-state index in [0.29, 0.717) is 0 Å². The molecule has 1 fully saturated rings. The van der Waals surface area contributed by atoms with E-state index in [1.54, 1.807) is 7.05 Å². The van der Waals surface area contributed by atoms with Crippen LogP contribution in [0.5, 0.6) is 0 Å². The quantitative estimate of drug-likeness (QED) is 0.657. The molecule has 0 aliphatic carbocycles. The van der Waals surface area contributed by atoms with Crippen molar-refractivity contribution in [3.05, 3.63) is 41.6 Å². The molecule has 5 nitrogen and oxygen atoms in total. The predicted octanol–water partition coefficient (Wildman–Crippen LogP) is 3.08. The smallest absolute Gasteiger partial charge is 0.376 e. The van der Waals surface area contributed by atoms with E-state index in [1.165, 1.54) is 18.3 Å². The van der Waals surface area contributed by atoms with Crippen LogP contribution in [0.4, 0.5) is 18.9 Å². The first-order valence-corrected chi connectivity index (χ1v) is 8.21. The van der Waals surface area contributed by atoms with Crippen molar-refractivity contribution in [2.45, 2.75) is 25.1 Å². The molecule has 0 spiro atoms. The fraction of sp³-hybridized carbons (Fsp3) is 0.444. The number of likely N-dealkylation sites (tertiary alicyclic amines) is 1. The predicted molar refractivity (Wildman–Crippen MR) is 92.1 cm³/mol. The second kappa shape index (κ2) is 8.23. The van der Waals surface area contributed by atoms with Crippen molar-refractivity contribution >= 4 is 11.6 Å². The summed E-state index contributed by atoms with van der Waals surface area (Å²) in [6.45, 7) is 1.86. The minimum atomic E-state index is -4.50. The van der Waals surface area contributed by atoms with Gasteiger partial charge >= 0.3 is 6.18 Å². The Hall–Kier alpha value is -2.53. The van der Waals surface area contributed by atoms with Crippen LogP contribution in [-0.2, 0) is 11.0 Å². The molecule has 1 amide bonds. The molecule has 1 aliphatic rings. The summed E-state index contributed by atoms with van der Waals surface area (Å²) in [5.41, 5.74) is -1.02. The van der Waals surface area contributed by atoms with Crippen LogP contribution in [-0.4, -0.2) is 48.9 Å². The summed E-state index contributed by atoms with van der Waals surface area (Å²) in [5.74, 6) is -0.730. The van der Waals surface area contributed by atoms with Crippen molar-refractivity contribution in [2.75, 3.05) is 32.5 Å². The Morgan fingerprint density at radius 1 is 1.38 bits per heavy atom. The van der Waals surface area contributed by atoms with E-state index < -0.39 is 17.6 Å². The van der Waals surface area contributed by atoms with Crippen molar-refractivity contribution in [1.82, 2.24) is 9.80 Å². The summed E-state index contributed by atoms with van der Waals surface area (Å²) in [7, 11) is 3.83. The first-order chi connectivity index (χ1) is 12.2. The van der Waals surface area contributed by atoms with Crippen LogP contribution in [0.25, 0.3) is 0 Å². The SMILES string of the molecule is CN1CCC(N(C)/C=C(/C#N)C(=O)Nc2cccc(C(F)(F)F)c2)CC1. The Morgan fingerprint density at radius 2 is 2.04 bits per heavy atom. The molecule has 1 N–H and O–H groups in total. The zero-order valence-electron chi connectivity index (χ0n) is 14.7. The van der Waals surface area contributed by atoms with Gasteiger partial charge in [-0.15, -0.1) is 0 Å². The maximum Gasteiger partial charge on any atom is 0.416 e. The van der Waals surface area contributed by atoms with E-state index in [1.807, 2.05) is 18.0 Å². The monoisotopic (exact) mass is 366 g/mol. The van der Waals surface area contributed by atoms with Crippen molar-refractivity contribution in [1.29, 1.82) is 5.26 Å². The molecular formula is C18H21F3N4O. The Balaban J connectivity index is 2.08. The van der Waals surface area contributed by atoms with Gasteiger partial charge in [-0.1, -0.05) is 6.07 Å². The van der Waals surface area contributed by atoms with Crippen LogP contribution in [0.15, 0.2) is 36.0 Å². The Morgan fingerprint density at radius 3 is 2.62 bits per heavy atom. The minimum Gasteiger partial charge on any atom is -0.376 e. The molecule has 0 radical (unpaired) electrons. The molecule has 0 bridgehead atoms. The number of nitriles is 1. The normalized spacial score (nSPS) is 16.8. The average Bonchev–Trinajstić information content (AvgIpc) is 2.59. The fourth-order valence-electron chi connectivity index (χ4n) is 2.82. The number of amides is 1. The molecule has 1 aromatic carbocycles. The second-order valence-corrected chi connectivity index (χ2v) is 6.39. The molecule has 1 aliphatic heterocycles. The number of hydrogen-bond acceptors (Lipinski definition) is 4. The van der Waals surface area contributed by atoms with Crippen LogP contribution < -0.4 is 5.32 Å². The van der Waals surface area contributed by atoms with E-state index >= 15 is 0 Å². The molecule has 0 atom stereocenters. The number of anilines is 1. The second-order valence-electron chi connectivity index (χ2n) is 6.39. The average molecular weight is 366 g/mol. The van der Waals surface area contributed by atoms with Gasteiger partial charge in [-0.25, -0.2) is 0 Å². The highest BCUT2D eigenvalue weighted by Gasteiger charge is 2.30. The molecule has 2 rings (SSSR count). The van der Waals surface area contributed by atoms with E-state index in [9.17, 15) is 23.2 Å². The van der Waals surface area contributed by atoms with Crippen LogP contribution in [0.1, 0.15) is 18.4 Å². The first-order valence-electron chi connectivity index (χ1n) is 8.21. The molecule has 1 aromatic rings. The molecule has 140 valence electrons. The van der Waals surface area contributed by atoms with Crippen LogP contribution >= 0.6 is 0 Å². The zero-order valence-corrected chi connectivity index (χ0v) is 14.7. The van der Waals surface area contributed by atoms with Gasteiger partial charge in [0.05, 0.1) is 5.56 Å². The van der Waals surface area contributed by atoms with Gasteiger partial charge in [0.1, 0.15) is 11.6 Å². The molecular weight excluding hydrogens is 345 g/mol. The van der Waals surface area contributed by atoms with Gasteiger partial charge in [0, 0.05) is 25.0 Å². The number of hydrogen-bond donors (Lipinski definition) is 1. The summed E-state index contributed by atoms with van der Waals surface area (Å²) >= 11 is 0. The van der Waals surface area contributed by atoms with Crippen molar-refractivity contribution in [3.63, 3.8) is 0 Å². The standard InChI is InChI=1S/C18H21F3N4O/c1-24-8-6-16(7-9-24)25(2)12-13(11-22)17(26)23-15-5-3-4-14(10-15)18(19,20)21/h3-5,10,12,16H,6-9H2,1-2H3,(H,23,26)/b13-12-. The number of piperidine rings is 1. The molecule has 1 heterocycles. The molecule has 0 saturated carbocycles. The number of benzene rings is 1. The number of carbonyl (C=O) groups excluding carboxylic acids is 1. The Bertz CT molecular complexity index is 716. The number of rotatable bonds is 4. The van der Waals surface area contributed by atoms with Gasteiger partial charge in [-0.05, 0) is 51.2 Å². The highest BCUT2D eigenvalue weighted by Crippen LogP contribution is 2.30. The largest absolute Gasteiger partial charge is 0.416 e. The Labute approximate surface area is 150 Å². The summed E-state index contributed by atoms with van der Waals surface area (Å²) in [6, 6.07) is 6.36. The van der Waals surface area contributed by atoms with Crippen LogP contribution in [0.2, 0.25) is 0 Å². The van der Waals surface area contributed by atoms with Gasteiger partial charge in [-0.3, -0.25) is 4.79 Å². The fourth-order valence-corrected chi connectivity index (χ4v) is 2.82. The highest BCUT2D eigenvalue weighted by molar-refractivity contribution is 6.06. The van der Waals surface area contributed by atoms with Gasteiger partial charge in [0.15, 0.2) is 0 Å². The zero-order chi connectivity index (χ0) is 19.3. The van der Waals surface area contributed by atoms with E-state index in [0.717, 1.165) is 38.1 Å².